The first-order valence-electron chi connectivity index (χ1n) is 11.9. The fraction of sp³-hybridized carbons (Fsp3) is 0.333. The van der Waals surface area contributed by atoms with Crippen LogP contribution in [0.15, 0.2) is 71.6 Å². The first-order valence-corrected chi connectivity index (χ1v) is 13.4. The van der Waals surface area contributed by atoms with Crippen molar-refractivity contribution in [3.05, 3.63) is 83.4 Å². The topological polar surface area (TPSA) is 71.1 Å². The van der Waals surface area contributed by atoms with Crippen molar-refractivity contribution in [2.45, 2.75) is 23.9 Å². The predicted octanol–water partition coefficient (Wildman–Crippen LogP) is 3.60. The van der Waals surface area contributed by atoms with E-state index >= 15 is 0 Å². The predicted molar refractivity (Wildman–Crippen MR) is 137 cm³/mol. The van der Waals surface area contributed by atoms with Gasteiger partial charge < -0.3 is 14.4 Å². The zero-order chi connectivity index (χ0) is 24.4. The summed E-state index contributed by atoms with van der Waals surface area (Å²) in [7, 11) is 0.281. The van der Waals surface area contributed by atoms with Gasteiger partial charge in [0.2, 0.25) is 10.0 Å². The highest BCUT2D eigenvalue weighted by atomic mass is 32.2. The normalized spacial score (nSPS) is 16.4. The monoisotopic (exact) mass is 493 g/mol. The van der Waals surface area contributed by atoms with E-state index in [1.54, 1.807) is 12.1 Å². The molecule has 0 unspecified atom stereocenters. The van der Waals surface area contributed by atoms with Crippen molar-refractivity contribution in [3.63, 3.8) is 0 Å². The third-order valence-electron chi connectivity index (χ3n) is 6.69. The number of ether oxygens (including phenoxy) is 2. The van der Waals surface area contributed by atoms with E-state index in [0.29, 0.717) is 24.7 Å². The molecule has 7 nitrogen and oxygen atoms in total. The molecule has 184 valence electrons. The average molecular weight is 494 g/mol. The molecule has 1 atom stereocenters. The van der Waals surface area contributed by atoms with Gasteiger partial charge in [0.1, 0.15) is 13.2 Å². The summed E-state index contributed by atoms with van der Waals surface area (Å²) in [5.41, 5.74) is 4.85. The Morgan fingerprint density at radius 2 is 1.66 bits per heavy atom. The van der Waals surface area contributed by atoms with Crippen LogP contribution in [-0.2, 0) is 23.0 Å². The Morgan fingerprint density at radius 3 is 2.40 bits per heavy atom. The van der Waals surface area contributed by atoms with Crippen LogP contribution in [-0.4, -0.2) is 53.7 Å². The molecule has 0 fully saturated rings. The molecular weight excluding hydrogens is 462 g/mol. The van der Waals surface area contributed by atoms with Crippen molar-refractivity contribution in [1.82, 2.24) is 9.62 Å². The third-order valence-corrected chi connectivity index (χ3v) is 8.11. The second-order valence-electron chi connectivity index (χ2n) is 9.15. The second kappa shape index (κ2) is 9.89. The van der Waals surface area contributed by atoms with E-state index in [2.05, 4.69) is 63.1 Å². The molecular formula is C27H31N3O4S. The maximum absolute atomic E-state index is 13.2. The number of fused-ring (bicyclic) bond motifs is 2. The Morgan fingerprint density at radius 1 is 0.943 bits per heavy atom. The van der Waals surface area contributed by atoms with Crippen LogP contribution in [0.25, 0.3) is 0 Å². The number of hydrogen-bond donors (Lipinski definition) is 1. The summed E-state index contributed by atoms with van der Waals surface area (Å²) in [5, 5.41) is 0. The number of benzene rings is 3. The molecule has 2 aliphatic heterocycles. The van der Waals surface area contributed by atoms with Gasteiger partial charge in [-0.25, -0.2) is 13.1 Å². The second-order valence-corrected chi connectivity index (χ2v) is 10.9. The molecule has 3 aromatic carbocycles. The van der Waals surface area contributed by atoms with Crippen LogP contribution in [0.2, 0.25) is 0 Å². The van der Waals surface area contributed by atoms with Gasteiger partial charge in [-0.05, 0) is 47.4 Å². The van der Waals surface area contributed by atoms with E-state index in [-0.39, 0.29) is 17.5 Å². The maximum Gasteiger partial charge on any atom is 0.240 e. The molecule has 0 aromatic heterocycles. The van der Waals surface area contributed by atoms with Gasteiger partial charge in [-0.2, -0.15) is 0 Å². The van der Waals surface area contributed by atoms with E-state index in [1.165, 1.54) is 17.2 Å². The highest BCUT2D eigenvalue weighted by molar-refractivity contribution is 7.89. The molecule has 8 heteroatoms. The summed E-state index contributed by atoms with van der Waals surface area (Å²) < 4.78 is 40.5. The van der Waals surface area contributed by atoms with Crippen molar-refractivity contribution < 1.29 is 17.9 Å². The van der Waals surface area contributed by atoms with Crippen LogP contribution >= 0.6 is 0 Å². The van der Waals surface area contributed by atoms with Crippen molar-refractivity contribution in [1.29, 1.82) is 0 Å². The van der Waals surface area contributed by atoms with Crippen LogP contribution in [0.1, 0.15) is 22.7 Å². The van der Waals surface area contributed by atoms with E-state index in [1.807, 2.05) is 14.1 Å². The minimum atomic E-state index is -3.74. The lowest BCUT2D eigenvalue weighted by molar-refractivity contribution is 0.171. The van der Waals surface area contributed by atoms with Gasteiger partial charge in [0.15, 0.2) is 11.5 Å². The molecule has 0 radical (unpaired) electrons. The fourth-order valence-electron chi connectivity index (χ4n) is 4.70. The molecule has 0 spiro atoms. The van der Waals surface area contributed by atoms with E-state index in [9.17, 15) is 8.42 Å². The van der Waals surface area contributed by atoms with Crippen LogP contribution in [0.4, 0.5) is 5.69 Å². The summed E-state index contributed by atoms with van der Waals surface area (Å²) in [5.74, 6) is 1.03. The molecule has 0 bridgehead atoms. The largest absolute Gasteiger partial charge is 0.486 e. The Hall–Kier alpha value is -3.07. The lowest BCUT2D eigenvalue weighted by Gasteiger charge is -2.36. The smallest absolute Gasteiger partial charge is 0.240 e. The van der Waals surface area contributed by atoms with Gasteiger partial charge in [-0.3, -0.25) is 4.90 Å². The average Bonchev–Trinajstić information content (AvgIpc) is 2.88. The highest BCUT2D eigenvalue weighted by Crippen LogP contribution is 2.33. The van der Waals surface area contributed by atoms with Gasteiger partial charge in [0.25, 0.3) is 0 Å². The molecule has 3 aromatic rings. The lowest BCUT2D eigenvalue weighted by atomic mass is 9.96. The van der Waals surface area contributed by atoms with E-state index in [4.69, 9.17) is 9.47 Å². The summed E-state index contributed by atoms with van der Waals surface area (Å²) in [4.78, 5) is 4.59. The van der Waals surface area contributed by atoms with Crippen LogP contribution in [0.5, 0.6) is 11.5 Å². The van der Waals surface area contributed by atoms with Crippen LogP contribution < -0.4 is 19.1 Å². The summed E-state index contributed by atoms with van der Waals surface area (Å²) in [6.45, 7) is 2.78. The Kier molecular flexibility index (Phi) is 6.69. The van der Waals surface area contributed by atoms with Crippen molar-refractivity contribution >= 4 is 15.7 Å². The van der Waals surface area contributed by atoms with Gasteiger partial charge >= 0.3 is 0 Å². The SMILES string of the molecule is CN(C)c1ccc([C@H](CNS(=O)(=O)c2ccc3c(c2)OCCO3)N2CCc3ccccc3C2)cc1. The molecule has 2 heterocycles. The zero-order valence-corrected chi connectivity index (χ0v) is 20.9. The molecule has 35 heavy (non-hydrogen) atoms. The number of hydrogen-bond acceptors (Lipinski definition) is 6. The minimum Gasteiger partial charge on any atom is -0.486 e. The summed E-state index contributed by atoms with van der Waals surface area (Å²) in [6, 6.07) is 21.5. The number of nitrogens with zero attached hydrogens (tertiary/aromatic N) is 2. The quantitative estimate of drug-likeness (QED) is 0.542. The summed E-state index contributed by atoms with van der Waals surface area (Å²) in [6.07, 6.45) is 0.942. The fourth-order valence-corrected chi connectivity index (χ4v) is 5.75. The van der Waals surface area contributed by atoms with E-state index < -0.39 is 10.0 Å². The Labute approximate surface area is 207 Å². The van der Waals surface area contributed by atoms with Crippen LogP contribution in [0, 0.1) is 0 Å². The molecule has 5 rings (SSSR count). The summed E-state index contributed by atoms with van der Waals surface area (Å²) >= 11 is 0. The first-order chi connectivity index (χ1) is 16.9. The van der Waals surface area contributed by atoms with Crippen molar-refractivity contribution in [3.8, 4) is 11.5 Å². The van der Waals surface area contributed by atoms with Gasteiger partial charge in [0, 0.05) is 51.5 Å². The Bertz CT molecular complexity index is 1290. The molecule has 1 N–H and O–H groups in total. The highest BCUT2D eigenvalue weighted by Gasteiger charge is 2.27. The van der Waals surface area contributed by atoms with Gasteiger partial charge in [-0.1, -0.05) is 36.4 Å². The van der Waals surface area contributed by atoms with E-state index in [0.717, 1.165) is 30.8 Å². The third kappa shape index (κ3) is 5.15. The van der Waals surface area contributed by atoms with Crippen molar-refractivity contribution in [2.75, 3.05) is 45.3 Å². The molecule has 0 aliphatic carbocycles. The number of nitrogens with one attached hydrogen (secondary N) is 1. The molecule has 2 aliphatic rings. The standard InChI is InChI=1S/C27H31N3O4S/c1-29(2)23-9-7-21(8-10-23)25(30-14-13-20-5-3-4-6-22(20)19-30)18-28-35(31,32)24-11-12-26-27(17-24)34-16-15-33-26/h3-12,17,25,28H,13-16,18-19H2,1-2H3/t25-/m0/s1. The number of anilines is 1. The molecule has 0 saturated heterocycles. The minimum absolute atomic E-state index is 0.105. The number of rotatable bonds is 7. The zero-order valence-electron chi connectivity index (χ0n) is 20.1. The lowest BCUT2D eigenvalue weighted by Crippen LogP contribution is -2.40. The van der Waals surface area contributed by atoms with Gasteiger partial charge in [0.05, 0.1) is 4.90 Å². The number of sulfonamides is 1. The maximum atomic E-state index is 13.2. The first kappa shape index (κ1) is 23.7. The van der Waals surface area contributed by atoms with Crippen LogP contribution in [0.3, 0.4) is 0 Å². The Balaban J connectivity index is 1.40. The molecule has 0 saturated carbocycles. The van der Waals surface area contributed by atoms with Gasteiger partial charge in [-0.15, -0.1) is 0 Å². The van der Waals surface area contributed by atoms with Crippen molar-refractivity contribution in [2.24, 2.45) is 0 Å². The molecule has 0 amide bonds.